The molecule has 3 amide bonds. The van der Waals surface area contributed by atoms with Crippen molar-refractivity contribution in [3.8, 4) is 22.7 Å². The van der Waals surface area contributed by atoms with Gasteiger partial charge in [-0.15, -0.1) is 0 Å². The number of aryl methyl sites for hydroxylation is 2. The van der Waals surface area contributed by atoms with Gasteiger partial charge in [0.15, 0.2) is 0 Å². The molecule has 186 valence electrons. The van der Waals surface area contributed by atoms with Crippen LogP contribution in [0.15, 0.2) is 83.3 Å². The number of carbonyl (C=O) groups excluding carboxylic acids is 2. The molecular formula is C29H26N4O4. The van der Waals surface area contributed by atoms with Crippen LogP contribution in [-0.2, 0) is 11.3 Å². The van der Waals surface area contributed by atoms with E-state index in [-0.39, 0.29) is 23.4 Å². The Morgan fingerprint density at radius 3 is 2.19 bits per heavy atom. The quantitative estimate of drug-likeness (QED) is 0.304. The monoisotopic (exact) mass is 494 g/mol. The molecule has 0 aliphatic carbocycles. The Hall–Kier alpha value is -4.85. The Morgan fingerprint density at radius 2 is 1.51 bits per heavy atom. The van der Waals surface area contributed by atoms with Crippen molar-refractivity contribution in [1.82, 2.24) is 20.0 Å². The van der Waals surface area contributed by atoms with Crippen LogP contribution in [0.2, 0.25) is 0 Å². The smallest absolute Gasteiger partial charge is 0.329 e. The fourth-order valence-corrected chi connectivity index (χ4v) is 4.25. The molecule has 0 atom stereocenters. The Labute approximate surface area is 213 Å². The fourth-order valence-electron chi connectivity index (χ4n) is 4.25. The van der Waals surface area contributed by atoms with Crippen LogP contribution in [0.3, 0.4) is 0 Å². The minimum Gasteiger partial charge on any atom is -0.496 e. The van der Waals surface area contributed by atoms with E-state index in [1.165, 1.54) is 10.8 Å². The topological polar surface area (TPSA) is 96.4 Å². The number of H-pyrrole nitrogens is 1. The zero-order chi connectivity index (χ0) is 26.1. The molecule has 2 heterocycles. The first-order valence-corrected chi connectivity index (χ1v) is 11.8. The van der Waals surface area contributed by atoms with Gasteiger partial charge in [0.2, 0.25) is 0 Å². The molecule has 1 fully saturated rings. The van der Waals surface area contributed by atoms with E-state index in [0.29, 0.717) is 22.7 Å². The van der Waals surface area contributed by atoms with Gasteiger partial charge >= 0.3 is 6.03 Å². The highest BCUT2D eigenvalue weighted by Crippen LogP contribution is 2.31. The predicted octanol–water partition coefficient (Wildman–Crippen LogP) is 4.55. The van der Waals surface area contributed by atoms with Crippen molar-refractivity contribution in [2.45, 2.75) is 20.4 Å². The maximum atomic E-state index is 13.6. The van der Waals surface area contributed by atoms with Gasteiger partial charge in [-0.25, -0.2) is 9.48 Å². The molecule has 37 heavy (non-hydrogen) atoms. The van der Waals surface area contributed by atoms with Crippen LogP contribution >= 0.6 is 0 Å². The van der Waals surface area contributed by atoms with Crippen molar-refractivity contribution in [2.75, 3.05) is 7.11 Å². The summed E-state index contributed by atoms with van der Waals surface area (Å²) in [5, 5.41) is 5.81. The molecule has 1 aliphatic rings. The average Bonchev–Trinajstić information content (AvgIpc) is 3.36. The van der Waals surface area contributed by atoms with Gasteiger partial charge in [0.05, 0.1) is 30.6 Å². The Bertz CT molecular complexity index is 1580. The van der Waals surface area contributed by atoms with Crippen LogP contribution in [-0.4, -0.2) is 33.7 Å². The molecule has 1 aliphatic heterocycles. The number of hydrogen-bond donors (Lipinski definition) is 2. The SMILES string of the molecule is COc1ccccc1-c1[nH]n(-c2ccc(C)cc2)c(=O)c1/C=C1\NC(=O)N(Cc2ccc(C)cc2)C1=O. The van der Waals surface area contributed by atoms with Gasteiger partial charge < -0.3 is 10.1 Å². The molecule has 0 bridgehead atoms. The first-order chi connectivity index (χ1) is 17.9. The van der Waals surface area contributed by atoms with Gasteiger partial charge in [-0.3, -0.25) is 19.6 Å². The number of rotatable bonds is 6. The van der Waals surface area contributed by atoms with Crippen LogP contribution in [0.5, 0.6) is 5.75 Å². The summed E-state index contributed by atoms with van der Waals surface area (Å²) in [5.41, 5.74) is 4.61. The maximum absolute atomic E-state index is 13.6. The number of nitrogens with one attached hydrogen (secondary N) is 2. The number of urea groups is 1. The number of aromatic amines is 1. The average molecular weight is 495 g/mol. The zero-order valence-corrected chi connectivity index (χ0v) is 20.7. The number of hydrogen-bond acceptors (Lipinski definition) is 4. The Balaban J connectivity index is 1.59. The Morgan fingerprint density at radius 1 is 0.865 bits per heavy atom. The molecule has 5 rings (SSSR count). The summed E-state index contributed by atoms with van der Waals surface area (Å²) >= 11 is 0. The normalized spacial score (nSPS) is 14.4. The molecular weight excluding hydrogens is 468 g/mol. The van der Waals surface area contributed by atoms with E-state index < -0.39 is 11.9 Å². The summed E-state index contributed by atoms with van der Waals surface area (Å²) in [6.07, 6.45) is 1.43. The number of aromatic nitrogens is 2. The van der Waals surface area contributed by atoms with Crippen molar-refractivity contribution in [1.29, 1.82) is 0 Å². The van der Waals surface area contributed by atoms with Gasteiger partial charge in [-0.2, -0.15) is 0 Å². The summed E-state index contributed by atoms with van der Waals surface area (Å²) in [5.74, 6) is 0.0567. The minimum absolute atomic E-state index is 0.0282. The maximum Gasteiger partial charge on any atom is 0.329 e. The molecule has 8 heteroatoms. The highest BCUT2D eigenvalue weighted by molar-refractivity contribution is 6.14. The van der Waals surface area contributed by atoms with E-state index in [0.717, 1.165) is 21.6 Å². The molecule has 2 N–H and O–H groups in total. The van der Waals surface area contributed by atoms with Crippen LogP contribution in [0.4, 0.5) is 4.79 Å². The second-order valence-corrected chi connectivity index (χ2v) is 8.94. The van der Waals surface area contributed by atoms with Crippen molar-refractivity contribution < 1.29 is 14.3 Å². The Kier molecular flexibility index (Phi) is 6.23. The lowest BCUT2D eigenvalue weighted by atomic mass is 10.1. The third kappa shape index (κ3) is 4.56. The number of imide groups is 1. The van der Waals surface area contributed by atoms with Crippen LogP contribution in [0.1, 0.15) is 22.3 Å². The summed E-state index contributed by atoms with van der Waals surface area (Å²) in [6.45, 7) is 4.06. The number of ether oxygens (including phenoxy) is 1. The van der Waals surface area contributed by atoms with E-state index >= 15 is 0 Å². The standard InChI is InChI=1S/C29H26N4O4/c1-18-8-12-20(13-9-18)17-32-28(35)24(30-29(32)36)16-23-26(22-6-4-5-7-25(22)37-3)31-33(27(23)34)21-14-10-19(2)11-15-21/h4-16,31H,17H2,1-3H3,(H,30,36)/b24-16-. The molecule has 3 aromatic carbocycles. The van der Waals surface area contributed by atoms with Crippen molar-refractivity contribution in [2.24, 2.45) is 0 Å². The lowest BCUT2D eigenvalue weighted by Gasteiger charge is -2.11. The lowest BCUT2D eigenvalue weighted by Crippen LogP contribution is -2.30. The van der Waals surface area contributed by atoms with Crippen molar-refractivity contribution in [3.05, 3.63) is 111 Å². The molecule has 0 spiro atoms. The third-order valence-corrected chi connectivity index (χ3v) is 6.31. The number of para-hydroxylation sites is 1. The highest BCUT2D eigenvalue weighted by atomic mass is 16.5. The molecule has 0 saturated carbocycles. The predicted molar refractivity (Wildman–Crippen MR) is 141 cm³/mol. The van der Waals surface area contributed by atoms with Gasteiger partial charge in [0.1, 0.15) is 11.4 Å². The molecule has 4 aromatic rings. The van der Waals surface area contributed by atoms with Gasteiger partial charge in [0.25, 0.3) is 11.5 Å². The largest absolute Gasteiger partial charge is 0.496 e. The first-order valence-electron chi connectivity index (χ1n) is 11.8. The van der Waals surface area contributed by atoms with Crippen molar-refractivity contribution in [3.63, 3.8) is 0 Å². The van der Waals surface area contributed by atoms with E-state index in [2.05, 4.69) is 10.4 Å². The van der Waals surface area contributed by atoms with Crippen molar-refractivity contribution >= 4 is 18.0 Å². The second-order valence-electron chi connectivity index (χ2n) is 8.94. The number of amides is 3. The lowest BCUT2D eigenvalue weighted by molar-refractivity contribution is -0.123. The molecule has 1 aromatic heterocycles. The van der Waals surface area contributed by atoms with E-state index in [9.17, 15) is 14.4 Å². The summed E-state index contributed by atoms with van der Waals surface area (Å²) in [7, 11) is 1.55. The third-order valence-electron chi connectivity index (χ3n) is 6.31. The first kappa shape index (κ1) is 23.9. The summed E-state index contributed by atoms with van der Waals surface area (Å²) < 4.78 is 6.94. The molecule has 1 saturated heterocycles. The number of methoxy groups -OCH3 is 1. The van der Waals surface area contributed by atoms with E-state index in [1.54, 1.807) is 13.2 Å². The van der Waals surface area contributed by atoms with Crippen LogP contribution in [0.25, 0.3) is 23.0 Å². The zero-order valence-electron chi connectivity index (χ0n) is 20.7. The van der Waals surface area contributed by atoms with Crippen LogP contribution in [0, 0.1) is 13.8 Å². The summed E-state index contributed by atoms with van der Waals surface area (Å²) in [4.78, 5) is 40.7. The number of benzene rings is 3. The van der Waals surface area contributed by atoms with E-state index in [1.807, 2.05) is 80.6 Å². The summed E-state index contributed by atoms with van der Waals surface area (Å²) in [6, 6.07) is 21.8. The fraction of sp³-hybridized carbons (Fsp3) is 0.138. The minimum atomic E-state index is -0.537. The molecule has 8 nitrogen and oxygen atoms in total. The van der Waals surface area contributed by atoms with Gasteiger partial charge in [0, 0.05) is 5.56 Å². The number of carbonyl (C=O) groups is 2. The molecule has 0 unspecified atom stereocenters. The van der Waals surface area contributed by atoms with E-state index in [4.69, 9.17) is 4.74 Å². The highest BCUT2D eigenvalue weighted by Gasteiger charge is 2.34. The van der Waals surface area contributed by atoms with Gasteiger partial charge in [-0.1, -0.05) is 59.7 Å². The van der Waals surface area contributed by atoms with Gasteiger partial charge in [-0.05, 0) is 49.8 Å². The molecule has 0 radical (unpaired) electrons. The van der Waals surface area contributed by atoms with Crippen LogP contribution < -0.4 is 15.6 Å². The number of nitrogens with zero attached hydrogens (tertiary/aromatic N) is 2. The second kappa shape index (κ2) is 9.66.